The van der Waals surface area contributed by atoms with Gasteiger partial charge in [0, 0.05) is 5.56 Å². The van der Waals surface area contributed by atoms with Gasteiger partial charge in [0.2, 0.25) is 0 Å². The van der Waals surface area contributed by atoms with Crippen molar-refractivity contribution < 1.29 is 4.74 Å². The van der Waals surface area contributed by atoms with Crippen LogP contribution in [0.4, 0.5) is 0 Å². The van der Waals surface area contributed by atoms with E-state index in [0.29, 0.717) is 6.61 Å². The molecule has 1 aliphatic heterocycles. The van der Waals surface area contributed by atoms with Crippen LogP contribution in [-0.2, 0) is 13.0 Å². The van der Waals surface area contributed by atoms with Crippen LogP contribution in [0.25, 0.3) is 17.2 Å². The van der Waals surface area contributed by atoms with Gasteiger partial charge < -0.3 is 4.74 Å². The summed E-state index contributed by atoms with van der Waals surface area (Å²) < 4.78 is 5.65. The first-order chi connectivity index (χ1) is 11.4. The third kappa shape index (κ3) is 2.78. The second-order valence-electron chi connectivity index (χ2n) is 5.75. The van der Waals surface area contributed by atoms with Gasteiger partial charge in [-0.2, -0.15) is 0 Å². The molecule has 0 bridgehead atoms. The number of hydrogen-bond donors (Lipinski definition) is 0. The van der Waals surface area contributed by atoms with E-state index in [1.165, 1.54) is 27.8 Å². The first-order valence-corrected chi connectivity index (χ1v) is 7.96. The van der Waals surface area contributed by atoms with Crippen LogP contribution in [0.15, 0.2) is 78.9 Å². The Labute approximate surface area is 136 Å². The van der Waals surface area contributed by atoms with Crippen molar-refractivity contribution in [2.24, 2.45) is 0 Å². The molecular formula is C22H18O. The van der Waals surface area contributed by atoms with Crippen molar-refractivity contribution in [2.75, 3.05) is 0 Å². The predicted octanol–water partition coefficient (Wildman–Crippen LogP) is 5.50. The topological polar surface area (TPSA) is 9.23 Å². The average Bonchev–Trinajstić information content (AvgIpc) is 3.11. The Hall–Kier alpha value is -2.80. The van der Waals surface area contributed by atoms with Crippen LogP contribution in [0.3, 0.4) is 0 Å². The fourth-order valence-corrected chi connectivity index (χ4v) is 3.07. The maximum absolute atomic E-state index is 5.65. The van der Waals surface area contributed by atoms with Crippen LogP contribution in [0.2, 0.25) is 0 Å². The lowest BCUT2D eigenvalue weighted by molar-refractivity contribution is 0.302. The maximum Gasteiger partial charge on any atom is 0.127 e. The highest BCUT2D eigenvalue weighted by Gasteiger charge is 2.14. The molecule has 0 saturated heterocycles. The molecule has 0 aromatic heterocycles. The first-order valence-electron chi connectivity index (χ1n) is 7.96. The molecule has 0 N–H and O–H groups in total. The zero-order chi connectivity index (χ0) is 15.5. The summed E-state index contributed by atoms with van der Waals surface area (Å²) in [5.74, 6) is 0.992. The van der Waals surface area contributed by atoms with Crippen LogP contribution < -0.4 is 4.74 Å². The van der Waals surface area contributed by atoms with Gasteiger partial charge in [0.05, 0.1) is 0 Å². The smallest absolute Gasteiger partial charge is 0.127 e. The van der Waals surface area contributed by atoms with Crippen LogP contribution in [0.1, 0.15) is 16.7 Å². The molecule has 3 aromatic rings. The van der Waals surface area contributed by atoms with Crippen molar-refractivity contribution >= 4 is 6.08 Å². The van der Waals surface area contributed by atoms with Crippen LogP contribution in [0, 0.1) is 0 Å². The zero-order valence-corrected chi connectivity index (χ0v) is 12.9. The van der Waals surface area contributed by atoms with Gasteiger partial charge in [0.1, 0.15) is 12.4 Å². The normalized spacial score (nSPS) is 13.0. The molecule has 0 atom stereocenters. The van der Waals surface area contributed by atoms with Crippen molar-refractivity contribution in [1.29, 1.82) is 0 Å². The molecule has 0 radical (unpaired) electrons. The van der Waals surface area contributed by atoms with Crippen molar-refractivity contribution in [2.45, 2.75) is 13.0 Å². The molecule has 0 unspecified atom stereocenters. The molecular weight excluding hydrogens is 280 g/mol. The maximum atomic E-state index is 5.65. The Morgan fingerprint density at radius 1 is 0.652 bits per heavy atom. The SMILES string of the molecule is C1=Cc2ccccc2C1.c1ccc2c(c1)COc1ccccc1-2. The fraction of sp³-hybridized carbons (Fsp3) is 0.0909. The minimum Gasteiger partial charge on any atom is -0.488 e. The number of allylic oxidation sites excluding steroid dienone is 1. The monoisotopic (exact) mass is 298 g/mol. The highest BCUT2D eigenvalue weighted by molar-refractivity contribution is 5.74. The Balaban J connectivity index is 0.000000130. The van der Waals surface area contributed by atoms with Crippen molar-refractivity contribution in [3.63, 3.8) is 0 Å². The Bertz CT molecular complexity index is 816. The van der Waals surface area contributed by atoms with E-state index in [4.69, 9.17) is 4.74 Å². The summed E-state index contributed by atoms with van der Waals surface area (Å²) in [6.07, 6.45) is 5.50. The summed E-state index contributed by atoms with van der Waals surface area (Å²) in [7, 11) is 0. The van der Waals surface area contributed by atoms with Gasteiger partial charge in [0.25, 0.3) is 0 Å². The fourth-order valence-electron chi connectivity index (χ4n) is 3.07. The van der Waals surface area contributed by atoms with E-state index in [1.54, 1.807) is 0 Å². The third-order valence-corrected chi connectivity index (χ3v) is 4.27. The number of benzene rings is 3. The van der Waals surface area contributed by atoms with Gasteiger partial charge in [-0.1, -0.05) is 78.9 Å². The second kappa shape index (κ2) is 6.13. The highest BCUT2D eigenvalue weighted by atomic mass is 16.5. The minimum absolute atomic E-state index is 0.688. The van der Waals surface area contributed by atoms with E-state index >= 15 is 0 Å². The largest absolute Gasteiger partial charge is 0.488 e. The van der Waals surface area contributed by atoms with Gasteiger partial charge in [-0.15, -0.1) is 0 Å². The van der Waals surface area contributed by atoms with E-state index < -0.39 is 0 Å². The standard InChI is InChI=1S/C13H10O.C9H8/c1-2-6-11-10(5-1)9-14-13-8-4-3-7-12(11)13;1-2-5-9-7-3-6-8(9)4-1/h1-8H,9H2;1-6H,7H2. The van der Waals surface area contributed by atoms with Crippen LogP contribution in [-0.4, -0.2) is 0 Å². The molecule has 23 heavy (non-hydrogen) atoms. The Kier molecular flexibility index (Phi) is 3.69. The molecule has 1 aliphatic carbocycles. The van der Waals surface area contributed by atoms with Gasteiger partial charge in [0.15, 0.2) is 0 Å². The number of para-hydroxylation sites is 1. The molecule has 2 aliphatic rings. The summed E-state index contributed by atoms with van der Waals surface area (Å²) >= 11 is 0. The lowest BCUT2D eigenvalue weighted by Crippen LogP contribution is -2.04. The second-order valence-corrected chi connectivity index (χ2v) is 5.75. The molecule has 0 spiro atoms. The summed E-state index contributed by atoms with van der Waals surface area (Å²) in [4.78, 5) is 0. The minimum atomic E-state index is 0.688. The number of hydrogen-bond acceptors (Lipinski definition) is 1. The predicted molar refractivity (Wildman–Crippen MR) is 95.4 cm³/mol. The molecule has 112 valence electrons. The molecule has 0 saturated carbocycles. The van der Waals surface area contributed by atoms with Gasteiger partial charge in [-0.25, -0.2) is 0 Å². The number of rotatable bonds is 0. The van der Waals surface area contributed by atoms with Crippen molar-refractivity contribution in [1.82, 2.24) is 0 Å². The van der Waals surface area contributed by atoms with E-state index in [2.05, 4.69) is 66.7 Å². The zero-order valence-electron chi connectivity index (χ0n) is 12.9. The lowest BCUT2D eigenvalue weighted by Gasteiger charge is -2.20. The molecule has 3 aromatic carbocycles. The Morgan fingerprint density at radius 2 is 1.35 bits per heavy atom. The van der Waals surface area contributed by atoms with Crippen LogP contribution >= 0.6 is 0 Å². The van der Waals surface area contributed by atoms with E-state index in [9.17, 15) is 0 Å². The van der Waals surface area contributed by atoms with Gasteiger partial charge >= 0.3 is 0 Å². The van der Waals surface area contributed by atoms with E-state index in [-0.39, 0.29) is 0 Å². The quantitative estimate of drug-likeness (QED) is 0.532. The number of ether oxygens (including phenoxy) is 1. The Morgan fingerprint density at radius 3 is 2.22 bits per heavy atom. The molecule has 1 heteroatoms. The molecule has 1 nitrogen and oxygen atoms in total. The van der Waals surface area contributed by atoms with Gasteiger partial charge in [-0.3, -0.25) is 0 Å². The van der Waals surface area contributed by atoms with E-state index in [1.807, 2.05) is 18.2 Å². The first kappa shape index (κ1) is 13.8. The summed E-state index contributed by atoms with van der Waals surface area (Å²) in [5.41, 5.74) is 6.62. The lowest BCUT2D eigenvalue weighted by atomic mass is 9.97. The van der Waals surface area contributed by atoms with Crippen molar-refractivity contribution in [3.05, 3.63) is 95.6 Å². The highest BCUT2D eigenvalue weighted by Crippen LogP contribution is 2.36. The molecule has 5 rings (SSSR count). The summed E-state index contributed by atoms with van der Waals surface area (Å²) in [6, 6.07) is 25.1. The third-order valence-electron chi connectivity index (χ3n) is 4.27. The number of fused-ring (bicyclic) bond motifs is 4. The van der Waals surface area contributed by atoms with E-state index in [0.717, 1.165) is 12.2 Å². The molecule has 0 amide bonds. The van der Waals surface area contributed by atoms with Crippen molar-refractivity contribution in [3.8, 4) is 16.9 Å². The summed E-state index contributed by atoms with van der Waals surface area (Å²) in [6.45, 7) is 0.688. The average molecular weight is 298 g/mol. The van der Waals surface area contributed by atoms with Crippen LogP contribution in [0.5, 0.6) is 5.75 Å². The molecule has 0 fully saturated rings. The molecule has 1 heterocycles. The summed E-state index contributed by atoms with van der Waals surface area (Å²) in [5, 5.41) is 0. The van der Waals surface area contributed by atoms with Gasteiger partial charge in [-0.05, 0) is 34.7 Å².